The molecule has 0 aromatic heterocycles. The van der Waals surface area contributed by atoms with E-state index < -0.39 is 0 Å². The van der Waals surface area contributed by atoms with E-state index in [0.717, 1.165) is 36.9 Å². The molecule has 1 aromatic carbocycles. The van der Waals surface area contributed by atoms with Gasteiger partial charge in [0.2, 0.25) is 0 Å². The highest BCUT2D eigenvalue weighted by Crippen LogP contribution is 2.27. The monoisotopic (exact) mass is 427 g/mol. The summed E-state index contributed by atoms with van der Waals surface area (Å²) in [5.41, 5.74) is 4.17. The van der Waals surface area contributed by atoms with Crippen molar-refractivity contribution in [3.8, 4) is 0 Å². The number of allylic oxidation sites excluding steroid dienone is 3. The molecule has 0 bridgehead atoms. The second kappa shape index (κ2) is 15.7. The summed E-state index contributed by atoms with van der Waals surface area (Å²) in [6.07, 6.45) is 14.8. The number of anilines is 1. The summed E-state index contributed by atoms with van der Waals surface area (Å²) in [7, 11) is 1.41. The number of hydrogen-bond donors (Lipinski definition) is 1. The van der Waals surface area contributed by atoms with Gasteiger partial charge in [0, 0.05) is 12.2 Å². The minimum atomic E-state index is -0.309. The van der Waals surface area contributed by atoms with Gasteiger partial charge in [-0.05, 0) is 63.5 Å². The number of rotatable bonds is 15. The predicted molar refractivity (Wildman–Crippen MR) is 135 cm³/mol. The van der Waals surface area contributed by atoms with Crippen molar-refractivity contribution in [1.82, 2.24) is 0 Å². The third-order valence-electron chi connectivity index (χ3n) is 6.17. The summed E-state index contributed by atoms with van der Waals surface area (Å²) in [6, 6.07) is 7.49. The van der Waals surface area contributed by atoms with Crippen LogP contribution in [0.4, 0.5) is 5.69 Å². The van der Waals surface area contributed by atoms with Crippen LogP contribution >= 0.6 is 0 Å². The van der Waals surface area contributed by atoms with Crippen LogP contribution in [-0.4, -0.2) is 19.6 Å². The highest BCUT2D eigenvalue weighted by Gasteiger charge is 2.15. The van der Waals surface area contributed by atoms with Gasteiger partial charge in [0.1, 0.15) is 0 Å². The van der Waals surface area contributed by atoms with Crippen LogP contribution < -0.4 is 5.32 Å². The van der Waals surface area contributed by atoms with E-state index in [4.69, 9.17) is 4.74 Å². The van der Waals surface area contributed by atoms with Gasteiger partial charge in [0.05, 0.1) is 12.7 Å². The van der Waals surface area contributed by atoms with E-state index >= 15 is 0 Å². The zero-order valence-electron chi connectivity index (χ0n) is 20.8. The zero-order chi connectivity index (χ0) is 23.1. The Morgan fingerprint density at radius 1 is 1.06 bits per heavy atom. The minimum Gasteiger partial charge on any atom is -0.465 e. The number of methoxy groups -OCH3 is 1. The second-order valence-electron chi connectivity index (χ2n) is 8.93. The van der Waals surface area contributed by atoms with Crippen LogP contribution in [0.5, 0.6) is 0 Å². The quantitative estimate of drug-likeness (QED) is 0.226. The maximum Gasteiger partial charge on any atom is 0.339 e. The molecular weight excluding hydrogens is 382 g/mol. The minimum absolute atomic E-state index is 0.309. The summed E-state index contributed by atoms with van der Waals surface area (Å²) in [6.45, 7) is 12.2. The molecule has 2 unspecified atom stereocenters. The lowest BCUT2D eigenvalue weighted by atomic mass is 9.83. The first-order valence-electron chi connectivity index (χ1n) is 12.1. The molecule has 0 spiro atoms. The van der Waals surface area contributed by atoms with E-state index in [0.29, 0.717) is 5.56 Å². The molecule has 174 valence electrons. The molecule has 0 fully saturated rings. The van der Waals surface area contributed by atoms with Crippen molar-refractivity contribution in [2.75, 3.05) is 19.0 Å². The molecule has 0 radical (unpaired) electrons. The van der Waals surface area contributed by atoms with E-state index in [2.05, 4.69) is 52.1 Å². The van der Waals surface area contributed by atoms with Gasteiger partial charge in [-0.25, -0.2) is 4.79 Å². The molecule has 0 aliphatic heterocycles. The Labute approximate surface area is 191 Å². The molecule has 2 atom stereocenters. The number of esters is 1. The van der Waals surface area contributed by atoms with Crippen LogP contribution in [0.3, 0.4) is 0 Å². The Morgan fingerprint density at radius 2 is 1.81 bits per heavy atom. The first kappa shape index (κ1) is 27.0. The molecule has 1 N–H and O–H groups in total. The molecule has 0 saturated heterocycles. The van der Waals surface area contributed by atoms with Crippen LogP contribution in [0.25, 0.3) is 0 Å². The average molecular weight is 428 g/mol. The third kappa shape index (κ3) is 10.7. The van der Waals surface area contributed by atoms with Crippen LogP contribution in [0.15, 0.2) is 47.6 Å². The molecule has 0 aliphatic rings. The van der Waals surface area contributed by atoms with Gasteiger partial charge in [-0.15, -0.1) is 0 Å². The van der Waals surface area contributed by atoms with Crippen molar-refractivity contribution < 1.29 is 9.53 Å². The number of unbranched alkanes of at least 4 members (excludes halogenated alkanes) is 1. The van der Waals surface area contributed by atoms with E-state index in [1.54, 1.807) is 6.07 Å². The van der Waals surface area contributed by atoms with E-state index in [1.807, 2.05) is 18.2 Å². The number of ether oxygens (including phenoxy) is 1. The van der Waals surface area contributed by atoms with Crippen LogP contribution in [0, 0.1) is 11.8 Å². The normalized spacial score (nSPS) is 14.3. The second-order valence-corrected chi connectivity index (χ2v) is 8.93. The van der Waals surface area contributed by atoms with Crippen LogP contribution in [-0.2, 0) is 4.74 Å². The molecule has 1 aromatic rings. The molecule has 3 nitrogen and oxygen atoms in total. The molecule has 1 rings (SSSR count). The Kier molecular flexibility index (Phi) is 13.7. The molecule has 0 aliphatic carbocycles. The summed E-state index contributed by atoms with van der Waals surface area (Å²) in [5, 5.41) is 3.37. The Bertz CT molecular complexity index is 705. The van der Waals surface area contributed by atoms with Crippen molar-refractivity contribution in [3.63, 3.8) is 0 Å². The fourth-order valence-electron chi connectivity index (χ4n) is 4.02. The van der Waals surface area contributed by atoms with Gasteiger partial charge in [-0.3, -0.25) is 0 Å². The van der Waals surface area contributed by atoms with Gasteiger partial charge in [-0.1, -0.05) is 81.9 Å². The lowest BCUT2D eigenvalue weighted by molar-refractivity contribution is 0.0602. The Balaban J connectivity index is 2.52. The Morgan fingerprint density at radius 3 is 2.48 bits per heavy atom. The standard InChI is InChI=1S/C28H45NO2/c1-7-9-16-25(24(5)13-8-2)20-19-22(3)14-12-15-23(4)21-29-27-18-11-10-17-26(27)28(30)31-6/h10-11,15,17-19,24-25,29H,7-9,12-14,16,20-21H2,1-6H3. The molecule has 31 heavy (non-hydrogen) atoms. The maximum absolute atomic E-state index is 11.9. The summed E-state index contributed by atoms with van der Waals surface area (Å²) >= 11 is 0. The van der Waals surface area contributed by atoms with E-state index in [9.17, 15) is 4.79 Å². The summed E-state index contributed by atoms with van der Waals surface area (Å²) in [5.74, 6) is 1.34. The fraction of sp³-hybridized carbons (Fsp3) is 0.607. The molecule has 3 heteroatoms. The van der Waals surface area contributed by atoms with Crippen molar-refractivity contribution in [2.24, 2.45) is 11.8 Å². The maximum atomic E-state index is 11.9. The zero-order valence-corrected chi connectivity index (χ0v) is 20.8. The molecule has 0 saturated carbocycles. The largest absolute Gasteiger partial charge is 0.465 e. The average Bonchev–Trinajstić information content (AvgIpc) is 2.77. The van der Waals surface area contributed by atoms with E-state index in [1.165, 1.54) is 56.8 Å². The van der Waals surface area contributed by atoms with Crippen molar-refractivity contribution in [3.05, 3.63) is 53.1 Å². The summed E-state index contributed by atoms with van der Waals surface area (Å²) < 4.78 is 4.86. The third-order valence-corrected chi connectivity index (χ3v) is 6.17. The van der Waals surface area contributed by atoms with Gasteiger partial charge in [0.25, 0.3) is 0 Å². The Hall–Kier alpha value is -2.03. The SMILES string of the molecule is CCCCC(CC=C(C)CCC=C(C)CNc1ccccc1C(=O)OC)C(C)CCC. The first-order valence-corrected chi connectivity index (χ1v) is 12.1. The van der Waals surface area contributed by atoms with Crippen molar-refractivity contribution in [2.45, 2.75) is 86.0 Å². The molecule has 0 heterocycles. The number of carbonyl (C=O) groups is 1. The number of nitrogens with one attached hydrogen (secondary N) is 1. The van der Waals surface area contributed by atoms with E-state index in [-0.39, 0.29) is 5.97 Å². The number of para-hydroxylation sites is 1. The van der Waals surface area contributed by atoms with Crippen molar-refractivity contribution in [1.29, 1.82) is 0 Å². The van der Waals surface area contributed by atoms with Crippen LogP contribution in [0.2, 0.25) is 0 Å². The first-order chi connectivity index (χ1) is 14.9. The lowest BCUT2D eigenvalue weighted by Gasteiger charge is -2.22. The van der Waals surface area contributed by atoms with Gasteiger partial charge in [0.15, 0.2) is 0 Å². The van der Waals surface area contributed by atoms with Gasteiger partial charge >= 0.3 is 5.97 Å². The highest BCUT2D eigenvalue weighted by molar-refractivity contribution is 5.95. The number of hydrogen-bond acceptors (Lipinski definition) is 3. The lowest BCUT2D eigenvalue weighted by Crippen LogP contribution is -2.11. The highest BCUT2D eigenvalue weighted by atomic mass is 16.5. The molecule has 0 amide bonds. The summed E-state index contributed by atoms with van der Waals surface area (Å²) in [4.78, 5) is 11.9. The smallest absolute Gasteiger partial charge is 0.339 e. The topological polar surface area (TPSA) is 38.3 Å². The number of benzene rings is 1. The van der Waals surface area contributed by atoms with Gasteiger partial charge in [-0.2, -0.15) is 0 Å². The van der Waals surface area contributed by atoms with Crippen molar-refractivity contribution >= 4 is 11.7 Å². The fourth-order valence-corrected chi connectivity index (χ4v) is 4.02. The molecular formula is C28H45NO2. The predicted octanol–water partition coefficient (Wildman–Crippen LogP) is 8.19. The van der Waals surface area contributed by atoms with Crippen LogP contribution in [0.1, 0.15) is 96.3 Å². The van der Waals surface area contributed by atoms with Gasteiger partial charge < -0.3 is 10.1 Å². The number of carbonyl (C=O) groups excluding carboxylic acids is 1.